The van der Waals surface area contributed by atoms with Crippen LogP contribution in [0.5, 0.6) is 0 Å². The fraction of sp³-hybridized carbons (Fsp3) is 0.429. The number of likely N-dealkylation sites (tertiary alicyclic amines) is 1. The Bertz CT molecular complexity index is 503. The molecule has 5 heteroatoms. The van der Waals surface area contributed by atoms with Crippen molar-refractivity contribution in [2.75, 3.05) is 6.54 Å². The Morgan fingerprint density at radius 2 is 2.05 bits per heavy atom. The van der Waals surface area contributed by atoms with E-state index in [-0.39, 0.29) is 11.8 Å². The Hall–Kier alpha value is -1.36. The summed E-state index contributed by atoms with van der Waals surface area (Å²) < 4.78 is 0.697. The SMILES string of the molecule is CC1CCCN(C(=O)c2ccccc2Br)C1C(=O)O. The van der Waals surface area contributed by atoms with Gasteiger partial charge in [0.2, 0.25) is 0 Å². The molecule has 0 aromatic heterocycles. The Labute approximate surface area is 120 Å². The van der Waals surface area contributed by atoms with Crippen molar-refractivity contribution in [3.05, 3.63) is 34.3 Å². The Morgan fingerprint density at radius 3 is 2.68 bits per heavy atom. The predicted molar refractivity (Wildman–Crippen MR) is 75.0 cm³/mol. The number of aliphatic carboxylic acids is 1. The molecule has 0 radical (unpaired) electrons. The van der Waals surface area contributed by atoms with Gasteiger partial charge >= 0.3 is 5.97 Å². The molecule has 1 amide bonds. The smallest absolute Gasteiger partial charge is 0.326 e. The molecule has 1 fully saturated rings. The quantitative estimate of drug-likeness (QED) is 0.909. The minimum Gasteiger partial charge on any atom is -0.480 e. The van der Waals surface area contributed by atoms with E-state index in [0.29, 0.717) is 16.6 Å². The molecular formula is C14H16BrNO3. The van der Waals surface area contributed by atoms with Crippen molar-refractivity contribution in [2.24, 2.45) is 5.92 Å². The van der Waals surface area contributed by atoms with Gasteiger partial charge in [0, 0.05) is 11.0 Å². The number of carboxylic acid groups (broad SMARTS) is 1. The van der Waals surface area contributed by atoms with Crippen LogP contribution < -0.4 is 0 Å². The van der Waals surface area contributed by atoms with Gasteiger partial charge in [-0.05, 0) is 46.8 Å². The number of carboxylic acids is 1. The van der Waals surface area contributed by atoms with Crippen molar-refractivity contribution in [2.45, 2.75) is 25.8 Å². The number of benzene rings is 1. The van der Waals surface area contributed by atoms with Gasteiger partial charge in [0.05, 0.1) is 5.56 Å². The third-order valence-electron chi connectivity index (χ3n) is 3.55. The third-order valence-corrected chi connectivity index (χ3v) is 4.24. The van der Waals surface area contributed by atoms with Gasteiger partial charge in [-0.2, -0.15) is 0 Å². The number of nitrogens with zero attached hydrogens (tertiary/aromatic N) is 1. The molecule has 0 bridgehead atoms. The lowest BCUT2D eigenvalue weighted by atomic mass is 9.90. The lowest BCUT2D eigenvalue weighted by molar-refractivity contribution is -0.145. The second kappa shape index (κ2) is 5.74. The third kappa shape index (κ3) is 2.81. The van der Waals surface area contributed by atoms with E-state index in [4.69, 9.17) is 0 Å². The Kier molecular flexibility index (Phi) is 4.24. The summed E-state index contributed by atoms with van der Waals surface area (Å²) in [6.07, 6.45) is 1.69. The molecule has 1 saturated heterocycles. The van der Waals surface area contributed by atoms with Gasteiger partial charge in [-0.3, -0.25) is 4.79 Å². The van der Waals surface area contributed by atoms with Crippen molar-refractivity contribution < 1.29 is 14.7 Å². The first-order valence-corrected chi connectivity index (χ1v) is 7.10. The largest absolute Gasteiger partial charge is 0.480 e. The van der Waals surface area contributed by atoms with E-state index in [0.717, 1.165) is 12.8 Å². The zero-order valence-electron chi connectivity index (χ0n) is 10.7. The van der Waals surface area contributed by atoms with E-state index >= 15 is 0 Å². The number of carbonyl (C=O) groups is 2. The average molecular weight is 326 g/mol. The van der Waals surface area contributed by atoms with Crippen LogP contribution in [-0.2, 0) is 4.79 Å². The zero-order chi connectivity index (χ0) is 14.0. The lowest BCUT2D eigenvalue weighted by Gasteiger charge is -2.37. The van der Waals surface area contributed by atoms with Crippen LogP contribution in [0, 0.1) is 5.92 Å². The molecule has 1 aliphatic heterocycles. The Morgan fingerprint density at radius 1 is 1.37 bits per heavy atom. The topological polar surface area (TPSA) is 57.6 Å². The first kappa shape index (κ1) is 14.1. The van der Waals surface area contributed by atoms with Crippen LogP contribution in [0.15, 0.2) is 28.7 Å². The number of hydrogen-bond acceptors (Lipinski definition) is 2. The van der Waals surface area contributed by atoms with E-state index in [1.165, 1.54) is 4.90 Å². The second-order valence-electron chi connectivity index (χ2n) is 4.88. The summed E-state index contributed by atoms with van der Waals surface area (Å²) in [6.45, 7) is 2.39. The molecule has 0 aliphatic carbocycles. The summed E-state index contributed by atoms with van der Waals surface area (Å²) in [5.41, 5.74) is 0.517. The lowest BCUT2D eigenvalue weighted by Crippen LogP contribution is -2.52. The van der Waals surface area contributed by atoms with Crippen molar-refractivity contribution in [3.8, 4) is 0 Å². The molecule has 1 N–H and O–H groups in total. The summed E-state index contributed by atoms with van der Waals surface area (Å²) in [7, 11) is 0. The van der Waals surface area contributed by atoms with Crippen LogP contribution in [-0.4, -0.2) is 34.5 Å². The number of carbonyl (C=O) groups excluding carboxylic acids is 1. The highest BCUT2D eigenvalue weighted by molar-refractivity contribution is 9.10. The molecule has 1 aliphatic rings. The van der Waals surface area contributed by atoms with Gasteiger partial charge in [-0.25, -0.2) is 4.79 Å². The average Bonchev–Trinajstić information content (AvgIpc) is 2.37. The van der Waals surface area contributed by atoms with Gasteiger partial charge in [0.1, 0.15) is 6.04 Å². The summed E-state index contributed by atoms with van der Waals surface area (Å²) in [5.74, 6) is -1.16. The highest BCUT2D eigenvalue weighted by Gasteiger charge is 2.37. The molecule has 102 valence electrons. The minimum atomic E-state index is -0.924. The number of rotatable bonds is 2. The minimum absolute atomic E-state index is 0.0160. The summed E-state index contributed by atoms with van der Waals surface area (Å²) >= 11 is 3.34. The molecule has 0 saturated carbocycles. The highest BCUT2D eigenvalue weighted by atomic mass is 79.9. The van der Waals surface area contributed by atoms with E-state index in [1.807, 2.05) is 13.0 Å². The molecule has 2 rings (SSSR count). The normalized spacial score (nSPS) is 23.2. The van der Waals surface area contributed by atoms with Gasteiger partial charge in [0.25, 0.3) is 5.91 Å². The van der Waals surface area contributed by atoms with Gasteiger partial charge in [-0.15, -0.1) is 0 Å². The summed E-state index contributed by atoms with van der Waals surface area (Å²) in [5, 5.41) is 9.34. The van der Waals surface area contributed by atoms with Crippen LogP contribution >= 0.6 is 15.9 Å². The van der Waals surface area contributed by atoms with Gasteiger partial charge in [0.15, 0.2) is 0 Å². The van der Waals surface area contributed by atoms with Crippen LogP contribution in [0.3, 0.4) is 0 Å². The second-order valence-corrected chi connectivity index (χ2v) is 5.74. The fourth-order valence-electron chi connectivity index (χ4n) is 2.58. The van der Waals surface area contributed by atoms with Crippen molar-refractivity contribution in [1.29, 1.82) is 0 Å². The van der Waals surface area contributed by atoms with Crippen LogP contribution in [0.25, 0.3) is 0 Å². The van der Waals surface area contributed by atoms with Gasteiger partial charge < -0.3 is 10.0 Å². The standard InChI is InChI=1S/C14H16BrNO3/c1-9-5-4-8-16(12(9)14(18)19)13(17)10-6-2-3-7-11(10)15/h2-3,6-7,9,12H,4-5,8H2,1H3,(H,18,19). The monoisotopic (exact) mass is 325 g/mol. The molecule has 1 aromatic carbocycles. The van der Waals surface area contributed by atoms with Crippen molar-refractivity contribution in [1.82, 2.24) is 4.90 Å². The molecule has 2 atom stereocenters. The van der Waals surface area contributed by atoms with Crippen LogP contribution in [0.2, 0.25) is 0 Å². The first-order valence-electron chi connectivity index (χ1n) is 6.30. The van der Waals surface area contributed by atoms with E-state index in [1.54, 1.807) is 18.2 Å². The highest BCUT2D eigenvalue weighted by Crippen LogP contribution is 2.27. The molecule has 1 heterocycles. The van der Waals surface area contributed by atoms with Crippen molar-refractivity contribution in [3.63, 3.8) is 0 Å². The maximum atomic E-state index is 12.5. The van der Waals surface area contributed by atoms with Crippen molar-refractivity contribution >= 4 is 27.8 Å². The maximum absolute atomic E-state index is 12.5. The van der Waals surface area contributed by atoms with Crippen LogP contribution in [0.4, 0.5) is 0 Å². The first-order chi connectivity index (χ1) is 9.02. The fourth-order valence-corrected chi connectivity index (χ4v) is 3.04. The Balaban J connectivity index is 2.31. The maximum Gasteiger partial charge on any atom is 0.326 e. The van der Waals surface area contributed by atoms with Crippen LogP contribution in [0.1, 0.15) is 30.1 Å². The molecule has 0 spiro atoms. The zero-order valence-corrected chi connectivity index (χ0v) is 12.3. The molecular weight excluding hydrogens is 310 g/mol. The van der Waals surface area contributed by atoms with Gasteiger partial charge in [-0.1, -0.05) is 19.1 Å². The summed E-state index contributed by atoms with van der Waals surface area (Å²) in [4.78, 5) is 25.4. The molecule has 19 heavy (non-hydrogen) atoms. The molecule has 2 unspecified atom stereocenters. The van der Waals surface area contributed by atoms with E-state index in [2.05, 4.69) is 15.9 Å². The predicted octanol–water partition coefficient (Wildman–Crippen LogP) is 2.77. The van der Waals surface area contributed by atoms with E-state index in [9.17, 15) is 14.7 Å². The number of piperidine rings is 1. The van der Waals surface area contributed by atoms with E-state index < -0.39 is 12.0 Å². The molecule has 1 aromatic rings. The summed E-state index contributed by atoms with van der Waals surface area (Å²) in [6, 6.07) is 6.38. The number of halogens is 1. The molecule has 4 nitrogen and oxygen atoms in total. The number of amides is 1. The number of hydrogen-bond donors (Lipinski definition) is 1.